The van der Waals surface area contributed by atoms with Gasteiger partial charge in [0.25, 0.3) is 5.91 Å². The van der Waals surface area contributed by atoms with E-state index in [1.807, 2.05) is 30.3 Å². The number of amides is 1. The summed E-state index contributed by atoms with van der Waals surface area (Å²) in [6, 6.07) is 14.2. The molecule has 1 atom stereocenters. The molecule has 27 heavy (non-hydrogen) atoms. The van der Waals surface area contributed by atoms with Gasteiger partial charge in [0.2, 0.25) is 10.0 Å². The van der Waals surface area contributed by atoms with E-state index in [0.717, 1.165) is 22.5 Å². The average molecular weight is 409 g/mol. The predicted octanol–water partition coefficient (Wildman–Crippen LogP) is 4.25. The van der Waals surface area contributed by atoms with Gasteiger partial charge in [0.15, 0.2) is 0 Å². The summed E-state index contributed by atoms with van der Waals surface area (Å²) < 4.78 is 24.7. The van der Waals surface area contributed by atoms with Crippen molar-refractivity contribution in [1.82, 2.24) is 5.32 Å². The molecule has 1 amide bonds. The molecule has 0 aliphatic heterocycles. The number of halogens is 1. The Bertz CT molecular complexity index is 899. The molecule has 0 saturated carbocycles. The Hall–Kier alpha value is -2.05. The van der Waals surface area contributed by atoms with Crippen LogP contribution in [-0.2, 0) is 10.0 Å². The third-order valence-electron chi connectivity index (χ3n) is 4.27. The molecule has 0 saturated heterocycles. The minimum atomic E-state index is -3.43. The zero-order chi connectivity index (χ0) is 20.2. The van der Waals surface area contributed by atoms with Gasteiger partial charge in [0.1, 0.15) is 0 Å². The second kappa shape index (κ2) is 8.76. The maximum Gasteiger partial charge on any atom is 0.253 e. The maximum absolute atomic E-state index is 12.9. The minimum absolute atomic E-state index is 0.161. The van der Waals surface area contributed by atoms with E-state index in [4.69, 9.17) is 11.6 Å². The Morgan fingerprint density at radius 2 is 1.78 bits per heavy atom. The molecule has 7 heteroatoms. The van der Waals surface area contributed by atoms with Gasteiger partial charge in [-0.1, -0.05) is 55.8 Å². The lowest BCUT2D eigenvalue weighted by atomic mass is 9.96. The highest BCUT2D eigenvalue weighted by Gasteiger charge is 2.21. The molecule has 0 unspecified atom stereocenters. The molecule has 0 bridgehead atoms. The first-order valence-corrected chi connectivity index (χ1v) is 10.9. The topological polar surface area (TPSA) is 66.5 Å². The van der Waals surface area contributed by atoms with E-state index in [1.54, 1.807) is 6.07 Å². The van der Waals surface area contributed by atoms with Crippen LogP contribution in [0.3, 0.4) is 0 Å². The molecule has 1 N–H and O–H groups in total. The van der Waals surface area contributed by atoms with Crippen molar-refractivity contribution >= 4 is 33.2 Å². The van der Waals surface area contributed by atoms with Gasteiger partial charge in [0, 0.05) is 7.05 Å². The molecule has 2 aromatic carbocycles. The van der Waals surface area contributed by atoms with Crippen LogP contribution in [0.2, 0.25) is 5.02 Å². The van der Waals surface area contributed by atoms with E-state index in [0.29, 0.717) is 11.6 Å². The van der Waals surface area contributed by atoms with E-state index in [1.165, 1.54) is 19.2 Å². The molecule has 0 aliphatic rings. The number of nitrogens with one attached hydrogen (secondary N) is 1. The highest BCUT2D eigenvalue weighted by atomic mass is 35.5. The fraction of sp³-hybridized carbons (Fsp3) is 0.350. The van der Waals surface area contributed by atoms with Crippen molar-refractivity contribution < 1.29 is 13.2 Å². The lowest BCUT2D eigenvalue weighted by Crippen LogP contribution is -2.30. The molecule has 0 radical (unpaired) electrons. The van der Waals surface area contributed by atoms with Crippen LogP contribution < -0.4 is 9.62 Å². The number of benzene rings is 2. The smallest absolute Gasteiger partial charge is 0.253 e. The zero-order valence-electron chi connectivity index (χ0n) is 15.9. The summed E-state index contributed by atoms with van der Waals surface area (Å²) in [4.78, 5) is 12.9. The van der Waals surface area contributed by atoms with Crippen molar-refractivity contribution in [3.63, 3.8) is 0 Å². The number of carbonyl (C=O) groups is 1. The summed E-state index contributed by atoms with van der Waals surface area (Å²) in [7, 11) is -2.00. The number of sulfonamides is 1. The Balaban J connectivity index is 2.32. The normalized spacial score (nSPS) is 12.7. The number of carbonyl (C=O) groups excluding carboxylic acids is 1. The molecule has 0 spiro atoms. The Morgan fingerprint density at radius 1 is 1.15 bits per heavy atom. The standard InChI is InChI=1S/C20H25ClN2O3S/c1-14(2)12-19(15-8-6-5-7-9-15)22-20(24)17-13-16(10-11-18(17)21)23(3)27(4,25)26/h5-11,13-14,19H,12H2,1-4H3,(H,22,24)/t19-/m1/s1. The van der Waals surface area contributed by atoms with Crippen LogP contribution in [0.25, 0.3) is 0 Å². The lowest BCUT2D eigenvalue weighted by Gasteiger charge is -2.22. The molecule has 5 nitrogen and oxygen atoms in total. The SMILES string of the molecule is CC(C)C[C@@H](NC(=O)c1cc(N(C)S(C)(=O)=O)ccc1Cl)c1ccccc1. The Labute approximate surface area is 166 Å². The molecule has 2 aromatic rings. The summed E-state index contributed by atoms with van der Waals surface area (Å²) in [6.07, 6.45) is 1.88. The number of rotatable bonds is 7. The van der Waals surface area contributed by atoms with E-state index in [9.17, 15) is 13.2 Å². The molecule has 0 aromatic heterocycles. The van der Waals surface area contributed by atoms with Crippen molar-refractivity contribution in [2.75, 3.05) is 17.6 Å². The van der Waals surface area contributed by atoms with Gasteiger partial charge in [-0.3, -0.25) is 9.10 Å². The highest BCUT2D eigenvalue weighted by molar-refractivity contribution is 7.92. The van der Waals surface area contributed by atoms with Crippen molar-refractivity contribution in [3.8, 4) is 0 Å². The van der Waals surface area contributed by atoms with Crippen LogP contribution in [0.15, 0.2) is 48.5 Å². The third-order valence-corrected chi connectivity index (χ3v) is 5.81. The fourth-order valence-electron chi connectivity index (χ4n) is 2.75. The van der Waals surface area contributed by atoms with Crippen molar-refractivity contribution in [3.05, 3.63) is 64.7 Å². The van der Waals surface area contributed by atoms with Crippen LogP contribution in [0.1, 0.15) is 42.2 Å². The number of hydrogen-bond acceptors (Lipinski definition) is 3. The highest BCUT2D eigenvalue weighted by Crippen LogP contribution is 2.26. The second-order valence-corrected chi connectivity index (χ2v) is 9.38. The molecular formula is C20H25ClN2O3S. The van der Waals surface area contributed by atoms with Crippen molar-refractivity contribution in [2.24, 2.45) is 5.92 Å². The lowest BCUT2D eigenvalue weighted by molar-refractivity contribution is 0.0932. The molecule has 2 rings (SSSR count). The molecular weight excluding hydrogens is 384 g/mol. The zero-order valence-corrected chi connectivity index (χ0v) is 17.5. The van der Waals surface area contributed by atoms with E-state index in [-0.39, 0.29) is 22.5 Å². The van der Waals surface area contributed by atoms with Crippen LogP contribution in [0, 0.1) is 5.92 Å². The monoisotopic (exact) mass is 408 g/mol. The Morgan fingerprint density at radius 3 is 2.33 bits per heavy atom. The van der Waals surface area contributed by atoms with Crippen LogP contribution in [0.4, 0.5) is 5.69 Å². The minimum Gasteiger partial charge on any atom is -0.345 e. The van der Waals surface area contributed by atoms with Crippen LogP contribution in [-0.4, -0.2) is 27.6 Å². The first-order chi connectivity index (χ1) is 12.6. The van der Waals surface area contributed by atoms with Gasteiger partial charge < -0.3 is 5.32 Å². The number of hydrogen-bond donors (Lipinski definition) is 1. The maximum atomic E-state index is 12.9. The number of nitrogens with zero attached hydrogens (tertiary/aromatic N) is 1. The average Bonchev–Trinajstić information content (AvgIpc) is 2.60. The quantitative estimate of drug-likeness (QED) is 0.744. The summed E-state index contributed by atoms with van der Waals surface area (Å²) in [5.74, 6) is 0.0481. The third kappa shape index (κ3) is 5.71. The molecule has 0 heterocycles. The fourth-order valence-corrected chi connectivity index (χ4v) is 3.45. The van der Waals surface area contributed by atoms with Gasteiger partial charge >= 0.3 is 0 Å². The van der Waals surface area contributed by atoms with Gasteiger partial charge in [-0.25, -0.2) is 8.42 Å². The van der Waals surface area contributed by atoms with Gasteiger partial charge in [-0.15, -0.1) is 0 Å². The summed E-state index contributed by atoms with van der Waals surface area (Å²) in [6.45, 7) is 4.19. The summed E-state index contributed by atoms with van der Waals surface area (Å²) in [5, 5.41) is 3.31. The van der Waals surface area contributed by atoms with Gasteiger partial charge in [-0.2, -0.15) is 0 Å². The van der Waals surface area contributed by atoms with E-state index < -0.39 is 10.0 Å². The second-order valence-electron chi connectivity index (χ2n) is 6.96. The first kappa shape index (κ1) is 21.3. The van der Waals surface area contributed by atoms with E-state index >= 15 is 0 Å². The molecule has 146 valence electrons. The van der Waals surface area contributed by atoms with Crippen molar-refractivity contribution in [1.29, 1.82) is 0 Å². The molecule has 0 fully saturated rings. The summed E-state index contributed by atoms with van der Waals surface area (Å²) in [5.41, 5.74) is 1.64. The largest absolute Gasteiger partial charge is 0.345 e. The molecule has 0 aliphatic carbocycles. The van der Waals surface area contributed by atoms with Crippen molar-refractivity contribution in [2.45, 2.75) is 26.3 Å². The number of anilines is 1. The first-order valence-electron chi connectivity index (χ1n) is 8.69. The van der Waals surface area contributed by atoms with Gasteiger partial charge in [-0.05, 0) is 36.1 Å². The van der Waals surface area contributed by atoms with Crippen LogP contribution >= 0.6 is 11.6 Å². The van der Waals surface area contributed by atoms with Gasteiger partial charge in [0.05, 0.1) is 28.6 Å². The summed E-state index contributed by atoms with van der Waals surface area (Å²) >= 11 is 6.22. The van der Waals surface area contributed by atoms with Crippen LogP contribution in [0.5, 0.6) is 0 Å². The Kier molecular flexibility index (Phi) is 6.89. The predicted molar refractivity (Wildman–Crippen MR) is 111 cm³/mol. The van der Waals surface area contributed by atoms with E-state index in [2.05, 4.69) is 19.2 Å².